The molecule has 0 radical (unpaired) electrons. The van der Waals surface area contributed by atoms with E-state index in [-0.39, 0.29) is 16.7 Å². The molecule has 0 aliphatic heterocycles. The number of halogens is 2. The summed E-state index contributed by atoms with van der Waals surface area (Å²) in [7, 11) is 1.47. The van der Waals surface area contributed by atoms with Gasteiger partial charge in [0.2, 0.25) is 0 Å². The van der Waals surface area contributed by atoms with E-state index in [0.29, 0.717) is 11.0 Å². The number of carbonyl (C=O) groups is 1. The number of hydrogen-bond donors (Lipinski definition) is 3. The number of benzene rings is 1. The lowest BCUT2D eigenvalue weighted by molar-refractivity contribution is 0.0800. The van der Waals surface area contributed by atoms with Crippen molar-refractivity contribution in [3.05, 3.63) is 99.2 Å². The minimum Gasteiger partial charge on any atom is -0.379 e. The molecule has 3 heterocycles. The molecule has 0 aliphatic rings. The molecule has 0 saturated carbocycles. The summed E-state index contributed by atoms with van der Waals surface area (Å²) in [6.07, 6.45) is 3.88. The molecule has 1 unspecified atom stereocenters. The van der Waals surface area contributed by atoms with Crippen LogP contribution in [-0.4, -0.2) is 25.5 Å². The van der Waals surface area contributed by atoms with Crippen molar-refractivity contribution in [2.45, 2.75) is 12.0 Å². The van der Waals surface area contributed by atoms with E-state index in [2.05, 4.69) is 21.8 Å². The Morgan fingerprint density at radius 1 is 1.27 bits per heavy atom. The number of aromatic amines is 1. The lowest BCUT2D eigenvalue weighted by Crippen LogP contribution is -2.36. The number of H-pyrrole nitrogens is 1. The second kappa shape index (κ2) is 8.33. The maximum atomic E-state index is 14.7. The van der Waals surface area contributed by atoms with Crippen LogP contribution in [0.1, 0.15) is 33.5 Å². The molecule has 0 saturated heterocycles. The van der Waals surface area contributed by atoms with E-state index in [9.17, 15) is 23.5 Å². The summed E-state index contributed by atoms with van der Waals surface area (Å²) in [5.74, 6) is 3.07. The van der Waals surface area contributed by atoms with Crippen LogP contribution in [0, 0.1) is 23.5 Å². The average Bonchev–Trinajstić information content (AvgIpc) is 3.26. The van der Waals surface area contributed by atoms with Gasteiger partial charge in [0, 0.05) is 48.6 Å². The summed E-state index contributed by atoms with van der Waals surface area (Å²) in [6.45, 7) is 0. The molecule has 7 nitrogen and oxygen atoms in total. The highest BCUT2D eigenvalue weighted by Gasteiger charge is 2.36. The Kier molecular flexibility index (Phi) is 5.54. The van der Waals surface area contributed by atoms with E-state index < -0.39 is 40.7 Å². The number of primary amides is 1. The summed E-state index contributed by atoms with van der Waals surface area (Å²) in [6, 6.07) is 7.10. The monoisotopic (exact) mass is 448 g/mol. The number of rotatable bonds is 4. The topological polar surface area (TPSA) is 114 Å². The minimum atomic E-state index is -2.27. The molecule has 4 aromatic rings. The number of nitrogens with one attached hydrogen (secondary N) is 1. The van der Waals surface area contributed by atoms with Gasteiger partial charge in [0.25, 0.3) is 11.5 Å². The normalized spacial score (nSPS) is 12.7. The van der Waals surface area contributed by atoms with E-state index in [1.165, 1.54) is 36.1 Å². The number of pyridine rings is 2. The first-order valence-corrected chi connectivity index (χ1v) is 9.81. The number of carbonyl (C=O) groups excluding carboxylic acids is 1. The summed E-state index contributed by atoms with van der Waals surface area (Å²) in [5, 5.41) is 12.1. The lowest BCUT2D eigenvalue weighted by Gasteiger charge is -2.27. The van der Waals surface area contributed by atoms with Crippen LogP contribution >= 0.6 is 0 Å². The molecule has 1 amide bonds. The van der Waals surface area contributed by atoms with Gasteiger partial charge in [0.15, 0.2) is 0 Å². The van der Waals surface area contributed by atoms with Gasteiger partial charge in [0.1, 0.15) is 22.9 Å². The van der Waals surface area contributed by atoms with Crippen molar-refractivity contribution in [3.63, 3.8) is 0 Å². The van der Waals surface area contributed by atoms with Gasteiger partial charge in [-0.15, -0.1) is 0 Å². The van der Waals surface area contributed by atoms with Crippen LogP contribution in [0.2, 0.25) is 0 Å². The van der Waals surface area contributed by atoms with E-state index in [1.54, 1.807) is 12.3 Å². The summed E-state index contributed by atoms with van der Waals surface area (Å²) in [4.78, 5) is 31.6. The number of fused-ring (bicyclic) bond motifs is 1. The molecule has 1 aromatic carbocycles. The number of nitrogens with two attached hydrogens (primary N) is 1. The average molecular weight is 448 g/mol. The van der Waals surface area contributed by atoms with Gasteiger partial charge in [-0.3, -0.25) is 9.59 Å². The highest BCUT2D eigenvalue weighted by Crippen LogP contribution is 2.33. The minimum absolute atomic E-state index is 0.0608. The molecule has 0 fully saturated rings. The zero-order valence-electron chi connectivity index (χ0n) is 17.4. The standard InChI is InChI=1S/C24H18F2N4O3/c1-30-11-3-5-18(23(30)32)24(33,19-12-14(25)6-7-20(19)26)9-2-4-15-16-8-10-28-22(16)29-13-17(15)21(27)31/h3,5-8,10-13,33H,9H2,1H3,(H2,27,31)(H,28,29). The molecular formula is C24H18F2N4O3. The van der Waals surface area contributed by atoms with Gasteiger partial charge in [-0.05, 0) is 36.4 Å². The van der Waals surface area contributed by atoms with Crippen LogP contribution < -0.4 is 11.3 Å². The fraction of sp³-hybridized carbons (Fsp3) is 0.125. The molecule has 0 aliphatic carbocycles. The lowest BCUT2D eigenvalue weighted by atomic mass is 9.83. The van der Waals surface area contributed by atoms with Crippen LogP contribution in [0.3, 0.4) is 0 Å². The summed E-state index contributed by atoms with van der Waals surface area (Å²) >= 11 is 0. The Bertz CT molecular complexity index is 1510. The molecular weight excluding hydrogens is 430 g/mol. The van der Waals surface area contributed by atoms with Crippen molar-refractivity contribution in [1.82, 2.24) is 14.5 Å². The Morgan fingerprint density at radius 2 is 2.06 bits per heavy atom. The molecule has 4 rings (SSSR count). The van der Waals surface area contributed by atoms with Crippen molar-refractivity contribution in [3.8, 4) is 11.8 Å². The van der Waals surface area contributed by atoms with Crippen LogP contribution in [0.5, 0.6) is 0 Å². The van der Waals surface area contributed by atoms with Gasteiger partial charge in [0.05, 0.1) is 11.1 Å². The molecule has 4 N–H and O–H groups in total. The van der Waals surface area contributed by atoms with Gasteiger partial charge < -0.3 is 20.4 Å². The fourth-order valence-corrected chi connectivity index (χ4v) is 3.65. The second-order valence-electron chi connectivity index (χ2n) is 7.45. The highest BCUT2D eigenvalue weighted by molar-refractivity contribution is 6.00. The molecule has 0 spiro atoms. The predicted molar refractivity (Wildman–Crippen MR) is 117 cm³/mol. The van der Waals surface area contributed by atoms with E-state index in [4.69, 9.17) is 5.73 Å². The smallest absolute Gasteiger partial charge is 0.256 e. The van der Waals surface area contributed by atoms with Gasteiger partial charge in [-0.25, -0.2) is 13.8 Å². The third kappa shape index (κ3) is 3.88. The largest absolute Gasteiger partial charge is 0.379 e. The maximum Gasteiger partial charge on any atom is 0.256 e. The van der Waals surface area contributed by atoms with Crippen LogP contribution in [0.15, 0.2) is 59.8 Å². The Labute approximate surface area is 186 Å². The zero-order chi connectivity index (χ0) is 23.8. The number of aliphatic hydroxyl groups is 1. The summed E-state index contributed by atoms with van der Waals surface area (Å²) in [5.41, 5.74) is 2.75. The molecule has 1 atom stereocenters. The molecule has 9 heteroatoms. The first kappa shape index (κ1) is 21.9. The summed E-state index contributed by atoms with van der Waals surface area (Å²) < 4.78 is 29.9. The highest BCUT2D eigenvalue weighted by atomic mass is 19.1. The molecule has 166 valence electrons. The van der Waals surface area contributed by atoms with E-state index in [0.717, 1.165) is 18.2 Å². The quantitative estimate of drug-likeness (QED) is 0.416. The van der Waals surface area contributed by atoms with Crippen molar-refractivity contribution >= 4 is 16.9 Å². The zero-order valence-corrected chi connectivity index (χ0v) is 17.4. The molecule has 0 bridgehead atoms. The first-order valence-electron chi connectivity index (χ1n) is 9.81. The second-order valence-corrected chi connectivity index (χ2v) is 7.45. The Morgan fingerprint density at radius 3 is 2.82 bits per heavy atom. The van der Waals surface area contributed by atoms with E-state index in [1.807, 2.05) is 0 Å². The van der Waals surface area contributed by atoms with Crippen molar-refractivity contribution in [2.75, 3.05) is 0 Å². The Balaban J connectivity index is 1.90. The molecule has 3 aromatic heterocycles. The SMILES string of the molecule is Cn1cccc(C(O)(CC#Cc2c(C(N)=O)cnc3[nH]ccc23)c2cc(F)ccc2F)c1=O. The third-order valence-corrected chi connectivity index (χ3v) is 5.35. The number of nitrogens with zero attached hydrogens (tertiary/aromatic N) is 2. The number of aryl methyl sites for hydroxylation is 1. The third-order valence-electron chi connectivity index (χ3n) is 5.35. The van der Waals surface area contributed by atoms with Gasteiger partial charge >= 0.3 is 0 Å². The Hall–Kier alpha value is -4.29. The van der Waals surface area contributed by atoms with E-state index >= 15 is 0 Å². The maximum absolute atomic E-state index is 14.7. The van der Waals surface area contributed by atoms with Crippen molar-refractivity contribution in [2.24, 2.45) is 12.8 Å². The van der Waals surface area contributed by atoms with Crippen molar-refractivity contribution in [1.29, 1.82) is 0 Å². The fourth-order valence-electron chi connectivity index (χ4n) is 3.65. The van der Waals surface area contributed by atoms with Gasteiger partial charge in [-0.2, -0.15) is 0 Å². The number of amides is 1. The first-order chi connectivity index (χ1) is 15.7. The number of hydrogen-bond acceptors (Lipinski definition) is 4. The van der Waals surface area contributed by atoms with Crippen LogP contribution in [0.4, 0.5) is 8.78 Å². The predicted octanol–water partition coefficient (Wildman–Crippen LogP) is 2.32. The number of aromatic nitrogens is 3. The van der Waals surface area contributed by atoms with Crippen LogP contribution in [0.25, 0.3) is 11.0 Å². The molecule has 33 heavy (non-hydrogen) atoms. The van der Waals surface area contributed by atoms with Crippen LogP contribution in [-0.2, 0) is 12.6 Å². The van der Waals surface area contributed by atoms with Gasteiger partial charge in [-0.1, -0.05) is 11.8 Å². The van der Waals surface area contributed by atoms with Crippen molar-refractivity contribution < 1.29 is 18.7 Å².